The molecule has 0 fully saturated rings. The van der Waals surface area contributed by atoms with Crippen LogP contribution in [0.1, 0.15) is 16.8 Å². The van der Waals surface area contributed by atoms with Crippen LogP contribution in [-0.4, -0.2) is 4.98 Å². The van der Waals surface area contributed by atoms with Gasteiger partial charge in [-0.3, -0.25) is 4.98 Å². The summed E-state index contributed by atoms with van der Waals surface area (Å²) in [5, 5.41) is 0. The molecule has 0 amide bonds. The molecule has 3 nitrogen and oxygen atoms in total. The van der Waals surface area contributed by atoms with Crippen molar-refractivity contribution in [1.82, 2.24) is 4.98 Å². The van der Waals surface area contributed by atoms with Gasteiger partial charge in [-0.25, -0.2) is 4.39 Å². The molecular formula is C14H15FN2O. The maximum atomic E-state index is 13.2. The van der Waals surface area contributed by atoms with Crippen LogP contribution in [0.4, 0.5) is 4.39 Å². The summed E-state index contributed by atoms with van der Waals surface area (Å²) >= 11 is 0. The highest BCUT2D eigenvalue weighted by atomic mass is 19.1. The second-order valence-electron chi connectivity index (χ2n) is 4.15. The van der Waals surface area contributed by atoms with Gasteiger partial charge in [-0.15, -0.1) is 0 Å². The van der Waals surface area contributed by atoms with Gasteiger partial charge < -0.3 is 10.5 Å². The van der Waals surface area contributed by atoms with Gasteiger partial charge in [-0.05, 0) is 37.6 Å². The molecule has 1 heterocycles. The standard InChI is InChI=1S/C14H15FN2O/c1-9-5-12(3-4-13(9)15)18-14-6-10(2)17-8-11(14)7-16/h3-6,8H,7,16H2,1-2H3. The van der Waals surface area contributed by atoms with Gasteiger partial charge in [0.2, 0.25) is 0 Å². The Hall–Kier alpha value is -1.94. The summed E-state index contributed by atoms with van der Waals surface area (Å²) in [4.78, 5) is 4.16. The number of pyridine rings is 1. The summed E-state index contributed by atoms with van der Waals surface area (Å²) in [7, 11) is 0. The zero-order chi connectivity index (χ0) is 13.1. The zero-order valence-electron chi connectivity index (χ0n) is 10.4. The summed E-state index contributed by atoms with van der Waals surface area (Å²) in [6.45, 7) is 3.93. The molecule has 0 atom stereocenters. The molecule has 1 aromatic carbocycles. The number of ether oxygens (including phenoxy) is 1. The Balaban J connectivity index is 2.33. The molecule has 0 saturated heterocycles. The van der Waals surface area contributed by atoms with Crippen LogP contribution in [0, 0.1) is 19.7 Å². The molecule has 94 valence electrons. The molecule has 4 heteroatoms. The lowest BCUT2D eigenvalue weighted by molar-refractivity contribution is 0.472. The van der Waals surface area contributed by atoms with Crippen molar-refractivity contribution in [3.63, 3.8) is 0 Å². The van der Waals surface area contributed by atoms with Crippen molar-refractivity contribution in [2.24, 2.45) is 5.73 Å². The van der Waals surface area contributed by atoms with E-state index in [0.717, 1.165) is 11.3 Å². The van der Waals surface area contributed by atoms with Gasteiger partial charge in [0.05, 0.1) is 0 Å². The Labute approximate surface area is 105 Å². The number of hydrogen-bond donors (Lipinski definition) is 1. The number of hydrogen-bond acceptors (Lipinski definition) is 3. The van der Waals surface area contributed by atoms with Crippen molar-refractivity contribution >= 4 is 0 Å². The number of nitrogens with two attached hydrogens (primary N) is 1. The van der Waals surface area contributed by atoms with E-state index in [1.807, 2.05) is 13.0 Å². The van der Waals surface area contributed by atoms with Crippen LogP contribution in [0.3, 0.4) is 0 Å². The van der Waals surface area contributed by atoms with Gasteiger partial charge in [0.25, 0.3) is 0 Å². The molecule has 2 rings (SSSR count). The lowest BCUT2D eigenvalue weighted by Gasteiger charge is -2.11. The van der Waals surface area contributed by atoms with Gasteiger partial charge in [-0.2, -0.15) is 0 Å². The molecule has 0 saturated carbocycles. The average Bonchev–Trinajstić information content (AvgIpc) is 2.34. The van der Waals surface area contributed by atoms with E-state index in [-0.39, 0.29) is 5.82 Å². The molecule has 2 aromatic rings. The van der Waals surface area contributed by atoms with Crippen molar-refractivity contribution in [2.45, 2.75) is 20.4 Å². The molecule has 18 heavy (non-hydrogen) atoms. The molecule has 0 aliphatic rings. The number of nitrogens with zero attached hydrogens (tertiary/aromatic N) is 1. The monoisotopic (exact) mass is 246 g/mol. The fourth-order valence-corrected chi connectivity index (χ4v) is 1.62. The van der Waals surface area contributed by atoms with E-state index in [9.17, 15) is 4.39 Å². The fraction of sp³-hybridized carbons (Fsp3) is 0.214. The van der Waals surface area contributed by atoms with E-state index < -0.39 is 0 Å². The summed E-state index contributed by atoms with van der Waals surface area (Å²) in [5.74, 6) is 1.01. The van der Waals surface area contributed by atoms with E-state index in [1.165, 1.54) is 6.07 Å². The molecule has 0 radical (unpaired) electrons. The van der Waals surface area contributed by atoms with E-state index in [1.54, 1.807) is 25.3 Å². The summed E-state index contributed by atoms with van der Waals surface area (Å²) in [5.41, 5.74) is 7.85. The van der Waals surface area contributed by atoms with Crippen molar-refractivity contribution in [2.75, 3.05) is 0 Å². The van der Waals surface area contributed by atoms with Crippen molar-refractivity contribution in [3.8, 4) is 11.5 Å². The highest BCUT2D eigenvalue weighted by molar-refractivity contribution is 5.38. The van der Waals surface area contributed by atoms with E-state index in [4.69, 9.17) is 10.5 Å². The molecule has 2 N–H and O–H groups in total. The first kappa shape index (κ1) is 12.5. The van der Waals surface area contributed by atoms with Crippen LogP contribution in [0.15, 0.2) is 30.5 Å². The van der Waals surface area contributed by atoms with Crippen LogP contribution >= 0.6 is 0 Å². The Morgan fingerprint density at radius 1 is 1.28 bits per heavy atom. The normalized spacial score (nSPS) is 10.4. The number of halogens is 1. The fourth-order valence-electron chi connectivity index (χ4n) is 1.62. The third-order valence-electron chi connectivity index (χ3n) is 2.66. The Bertz CT molecular complexity index is 570. The zero-order valence-corrected chi connectivity index (χ0v) is 10.4. The Kier molecular flexibility index (Phi) is 3.58. The second-order valence-corrected chi connectivity index (χ2v) is 4.15. The second kappa shape index (κ2) is 5.14. The average molecular weight is 246 g/mol. The molecule has 0 spiro atoms. The lowest BCUT2D eigenvalue weighted by atomic mass is 10.2. The first-order chi connectivity index (χ1) is 8.60. The predicted octanol–water partition coefficient (Wildman–Crippen LogP) is 3.09. The maximum absolute atomic E-state index is 13.2. The quantitative estimate of drug-likeness (QED) is 0.905. The van der Waals surface area contributed by atoms with E-state index in [2.05, 4.69) is 4.98 Å². The van der Waals surface area contributed by atoms with E-state index >= 15 is 0 Å². The van der Waals surface area contributed by atoms with Crippen LogP contribution in [0.25, 0.3) is 0 Å². The summed E-state index contributed by atoms with van der Waals surface area (Å²) < 4.78 is 18.9. The third-order valence-corrected chi connectivity index (χ3v) is 2.66. The molecular weight excluding hydrogens is 231 g/mol. The van der Waals surface area contributed by atoms with Crippen molar-refractivity contribution < 1.29 is 9.13 Å². The van der Waals surface area contributed by atoms with Gasteiger partial charge in [0, 0.05) is 30.1 Å². The maximum Gasteiger partial charge on any atom is 0.135 e. The van der Waals surface area contributed by atoms with Crippen LogP contribution in [-0.2, 0) is 6.54 Å². The van der Waals surface area contributed by atoms with Crippen molar-refractivity contribution in [1.29, 1.82) is 0 Å². The van der Waals surface area contributed by atoms with Gasteiger partial charge in [0.15, 0.2) is 0 Å². The van der Waals surface area contributed by atoms with Crippen molar-refractivity contribution in [3.05, 3.63) is 53.1 Å². The van der Waals surface area contributed by atoms with Gasteiger partial charge in [0.1, 0.15) is 17.3 Å². The molecule has 0 unspecified atom stereocenters. The number of aryl methyl sites for hydroxylation is 2. The minimum Gasteiger partial charge on any atom is -0.457 e. The molecule has 1 aromatic heterocycles. The molecule has 0 bridgehead atoms. The first-order valence-electron chi connectivity index (χ1n) is 5.69. The Morgan fingerprint density at radius 3 is 2.72 bits per heavy atom. The highest BCUT2D eigenvalue weighted by Crippen LogP contribution is 2.26. The largest absolute Gasteiger partial charge is 0.457 e. The van der Waals surface area contributed by atoms with E-state index in [0.29, 0.717) is 23.6 Å². The number of rotatable bonds is 3. The minimum atomic E-state index is -0.243. The lowest BCUT2D eigenvalue weighted by Crippen LogP contribution is -2.01. The molecule has 0 aliphatic carbocycles. The van der Waals surface area contributed by atoms with Gasteiger partial charge in [-0.1, -0.05) is 0 Å². The topological polar surface area (TPSA) is 48.1 Å². The minimum absolute atomic E-state index is 0.243. The van der Waals surface area contributed by atoms with Gasteiger partial charge >= 0.3 is 0 Å². The number of aromatic nitrogens is 1. The predicted molar refractivity (Wildman–Crippen MR) is 68.1 cm³/mol. The number of benzene rings is 1. The summed E-state index contributed by atoms with van der Waals surface area (Å²) in [6.07, 6.45) is 1.70. The molecule has 0 aliphatic heterocycles. The Morgan fingerprint density at radius 2 is 2.06 bits per heavy atom. The summed E-state index contributed by atoms with van der Waals surface area (Å²) in [6, 6.07) is 6.46. The highest BCUT2D eigenvalue weighted by Gasteiger charge is 2.06. The first-order valence-corrected chi connectivity index (χ1v) is 5.69. The van der Waals surface area contributed by atoms with Crippen LogP contribution < -0.4 is 10.5 Å². The van der Waals surface area contributed by atoms with Crippen LogP contribution in [0.5, 0.6) is 11.5 Å². The smallest absolute Gasteiger partial charge is 0.135 e. The SMILES string of the molecule is Cc1cc(Oc2ccc(F)c(C)c2)c(CN)cn1. The van der Waals surface area contributed by atoms with Crippen LogP contribution in [0.2, 0.25) is 0 Å². The third kappa shape index (κ3) is 2.65.